The summed E-state index contributed by atoms with van der Waals surface area (Å²) < 4.78 is 0. The Morgan fingerprint density at radius 2 is 1.76 bits per heavy atom. The van der Waals surface area contributed by atoms with Crippen molar-refractivity contribution in [2.75, 3.05) is 13.1 Å². The van der Waals surface area contributed by atoms with E-state index in [4.69, 9.17) is 0 Å². The third-order valence-corrected chi connectivity index (χ3v) is 3.36. The van der Waals surface area contributed by atoms with Gasteiger partial charge >= 0.3 is 0 Å². The molecule has 0 spiro atoms. The average molecular weight is 231 g/mol. The van der Waals surface area contributed by atoms with Crippen molar-refractivity contribution in [3.63, 3.8) is 0 Å². The predicted molar refractivity (Wildman–Crippen MR) is 66.1 cm³/mol. The first-order valence-corrected chi connectivity index (χ1v) is 5.96. The van der Waals surface area contributed by atoms with Gasteiger partial charge < -0.3 is 4.90 Å². The monoisotopic (exact) mass is 231 g/mol. The molecule has 0 atom stereocenters. The van der Waals surface area contributed by atoms with Crippen LogP contribution >= 0.6 is 0 Å². The van der Waals surface area contributed by atoms with Crippen LogP contribution in [0.5, 0.6) is 0 Å². The van der Waals surface area contributed by atoms with Crippen molar-refractivity contribution in [2.24, 2.45) is 0 Å². The molecule has 0 saturated carbocycles. The third kappa shape index (κ3) is 2.54. The molecular formula is C14H17NO2. The fraction of sp³-hybridized carbons (Fsp3) is 0.429. The first kappa shape index (κ1) is 11.8. The van der Waals surface area contributed by atoms with E-state index >= 15 is 0 Å². The highest BCUT2D eigenvalue weighted by Crippen LogP contribution is 2.14. The van der Waals surface area contributed by atoms with Crippen molar-refractivity contribution in [3.8, 4) is 0 Å². The minimum absolute atomic E-state index is 0.0422. The van der Waals surface area contributed by atoms with Gasteiger partial charge in [0.15, 0.2) is 0 Å². The van der Waals surface area contributed by atoms with Gasteiger partial charge in [0.1, 0.15) is 5.78 Å². The first-order chi connectivity index (χ1) is 8.08. The number of likely N-dealkylation sites (tertiary alicyclic amines) is 1. The molecule has 90 valence electrons. The summed E-state index contributed by atoms with van der Waals surface area (Å²) in [6.45, 7) is 5.16. The molecule has 1 aliphatic rings. The number of Topliss-reactive ketones (excluding diaryl/α,β-unsaturated/α-hetero) is 1. The van der Waals surface area contributed by atoms with Gasteiger partial charge in [-0.25, -0.2) is 0 Å². The maximum absolute atomic E-state index is 12.2. The van der Waals surface area contributed by atoms with E-state index < -0.39 is 0 Å². The summed E-state index contributed by atoms with van der Waals surface area (Å²) in [6.07, 6.45) is 0.993. The summed E-state index contributed by atoms with van der Waals surface area (Å²) in [5, 5.41) is 0. The molecule has 1 heterocycles. The van der Waals surface area contributed by atoms with Gasteiger partial charge in [0.25, 0.3) is 5.91 Å². The van der Waals surface area contributed by atoms with Crippen LogP contribution in [0.2, 0.25) is 0 Å². The topological polar surface area (TPSA) is 37.4 Å². The Kier molecular flexibility index (Phi) is 3.27. The number of carbonyl (C=O) groups is 2. The van der Waals surface area contributed by atoms with Crippen molar-refractivity contribution in [3.05, 3.63) is 34.9 Å². The van der Waals surface area contributed by atoms with Gasteiger partial charge in [0.05, 0.1) is 0 Å². The van der Waals surface area contributed by atoms with Crippen molar-refractivity contribution < 1.29 is 9.59 Å². The highest BCUT2D eigenvalue weighted by Gasteiger charge is 2.21. The number of amides is 1. The molecule has 0 unspecified atom stereocenters. The van der Waals surface area contributed by atoms with Gasteiger partial charge in [-0.2, -0.15) is 0 Å². The lowest BCUT2D eigenvalue weighted by atomic mass is 10.0. The molecule has 1 saturated heterocycles. The van der Waals surface area contributed by atoms with E-state index in [-0.39, 0.29) is 11.7 Å². The third-order valence-electron chi connectivity index (χ3n) is 3.36. The summed E-state index contributed by atoms with van der Waals surface area (Å²) >= 11 is 0. The summed E-state index contributed by atoms with van der Waals surface area (Å²) in [4.78, 5) is 25.1. The zero-order chi connectivity index (χ0) is 12.4. The lowest BCUT2D eigenvalue weighted by Crippen LogP contribution is -2.38. The van der Waals surface area contributed by atoms with Crippen LogP contribution in [0.3, 0.4) is 0 Å². The second kappa shape index (κ2) is 4.70. The lowest BCUT2D eigenvalue weighted by Gasteiger charge is -2.26. The highest BCUT2D eigenvalue weighted by atomic mass is 16.2. The maximum Gasteiger partial charge on any atom is 0.253 e. The molecule has 0 N–H and O–H groups in total. The lowest BCUT2D eigenvalue weighted by molar-refractivity contribution is -0.120. The molecule has 1 aromatic carbocycles. The van der Waals surface area contributed by atoms with E-state index in [9.17, 15) is 9.59 Å². The summed E-state index contributed by atoms with van der Waals surface area (Å²) in [5.74, 6) is 0.301. The quantitative estimate of drug-likeness (QED) is 0.742. The molecule has 1 fully saturated rings. The number of aryl methyl sites for hydroxylation is 2. The number of rotatable bonds is 1. The van der Waals surface area contributed by atoms with Crippen LogP contribution in [0.4, 0.5) is 0 Å². The summed E-state index contributed by atoms with van der Waals surface area (Å²) in [7, 11) is 0. The van der Waals surface area contributed by atoms with E-state index in [1.54, 1.807) is 4.90 Å². The molecule has 0 aliphatic carbocycles. The number of hydrogen-bond donors (Lipinski definition) is 0. The normalized spacial score (nSPS) is 16.1. The van der Waals surface area contributed by atoms with Gasteiger partial charge in [0.2, 0.25) is 0 Å². The number of nitrogens with zero attached hydrogens (tertiary/aromatic N) is 1. The fourth-order valence-corrected chi connectivity index (χ4v) is 2.02. The predicted octanol–water partition coefficient (Wildman–Crippen LogP) is 2.11. The number of carbonyl (C=O) groups excluding carboxylic acids is 2. The van der Waals surface area contributed by atoms with Crippen molar-refractivity contribution in [2.45, 2.75) is 26.7 Å². The molecule has 2 rings (SSSR count). The van der Waals surface area contributed by atoms with Crippen molar-refractivity contribution >= 4 is 11.7 Å². The molecular weight excluding hydrogens is 214 g/mol. The smallest absolute Gasteiger partial charge is 0.253 e. The molecule has 17 heavy (non-hydrogen) atoms. The molecule has 0 bridgehead atoms. The van der Waals surface area contributed by atoms with Crippen LogP contribution in [0.1, 0.15) is 34.3 Å². The Balaban J connectivity index is 2.14. The van der Waals surface area contributed by atoms with Crippen LogP contribution < -0.4 is 0 Å². The maximum atomic E-state index is 12.2. The zero-order valence-electron chi connectivity index (χ0n) is 10.3. The van der Waals surface area contributed by atoms with Crippen molar-refractivity contribution in [1.29, 1.82) is 0 Å². The second-order valence-electron chi connectivity index (χ2n) is 4.63. The second-order valence-corrected chi connectivity index (χ2v) is 4.63. The van der Waals surface area contributed by atoms with Gasteiger partial charge in [-0.05, 0) is 37.1 Å². The Bertz CT molecular complexity index is 455. The van der Waals surface area contributed by atoms with Crippen molar-refractivity contribution in [1.82, 2.24) is 4.90 Å². The molecule has 3 nitrogen and oxygen atoms in total. The van der Waals surface area contributed by atoms with E-state index in [0.29, 0.717) is 25.9 Å². The van der Waals surface area contributed by atoms with Crippen LogP contribution in [-0.2, 0) is 4.79 Å². The number of benzene rings is 1. The zero-order valence-corrected chi connectivity index (χ0v) is 10.3. The van der Waals surface area contributed by atoms with Gasteiger partial charge in [-0.3, -0.25) is 9.59 Å². The molecule has 1 aliphatic heterocycles. The molecule has 0 radical (unpaired) electrons. The summed E-state index contributed by atoms with van der Waals surface area (Å²) in [5.41, 5.74) is 3.04. The van der Waals surface area contributed by atoms with E-state index in [1.165, 1.54) is 5.56 Å². The summed E-state index contributed by atoms with van der Waals surface area (Å²) in [6, 6.07) is 5.76. The van der Waals surface area contributed by atoms with Crippen LogP contribution in [0.15, 0.2) is 18.2 Å². The SMILES string of the molecule is Cc1ccc(C(=O)N2CCC(=O)CC2)cc1C. The number of ketones is 1. The van der Waals surface area contributed by atoms with E-state index in [2.05, 4.69) is 0 Å². The fourth-order valence-electron chi connectivity index (χ4n) is 2.02. The van der Waals surface area contributed by atoms with Crippen LogP contribution in [0.25, 0.3) is 0 Å². The van der Waals surface area contributed by atoms with Crippen LogP contribution in [0, 0.1) is 13.8 Å². The Labute approximate surface area is 101 Å². The molecule has 1 aromatic rings. The first-order valence-electron chi connectivity index (χ1n) is 5.96. The Morgan fingerprint density at radius 3 is 2.35 bits per heavy atom. The molecule has 3 heteroatoms. The Morgan fingerprint density at radius 1 is 1.12 bits per heavy atom. The Hall–Kier alpha value is -1.64. The number of hydrogen-bond acceptors (Lipinski definition) is 2. The molecule has 1 amide bonds. The minimum atomic E-state index is 0.0422. The van der Waals surface area contributed by atoms with Crippen LogP contribution in [-0.4, -0.2) is 29.7 Å². The number of piperidine rings is 1. The molecule has 0 aromatic heterocycles. The standard InChI is InChI=1S/C14H17NO2/c1-10-3-4-12(9-11(10)2)14(17)15-7-5-13(16)6-8-15/h3-4,9H,5-8H2,1-2H3. The largest absolute Gasteiger partial charge is 0.338 e. The minimum Gasteiger partial charge on any atom is -0.338 e. The van der Waals surface area contributed by atoms with Gasteiger partial charge in [-0.1, -0.05) is 6.07 Å². The highest BCUT2D eigenvalue weighted by molar-refractivity contribution is 5.95. The average Bonchev–Trinajstić information content (AvgIpc) is 2.33. The van der Waals surface area contributed by atoms with Gasteiger partial charge in [0, 0.05) is 31.5 Å². The van der Waals surface area contributed by atoms with Gasteiger partial charge in [-0.15, -0.1) is 0 Å². The van der Waals surface area contributed by atoms with E-state index in [0.717, 1.165) is 11.1 Å². The van der Waals surface area contributed by atoms with E-state index in [1.807, 2.05) is 32.0 Å².